The molecule has 0 unspecified atom stereocenters. The Labute approximate surface area is 106 Å². The average molecular weight is 245 g/mol. The molecule has 0 aromatic heterocycles. The van der Waals surface area contributed by atoms with Crippen molar-refractivity contribution < 1.29 is 4.79 Å². The van der Waals surface area contributed by atoms with Crippen LogP contribution in [0.2, 0.25) is 0 Å². The fraction of sp³-hybridized carbons (Fsp3) is 0.429. The van der Waals surface area contributed by atoms with Gasteiger partial charge in [0.05, 0.1) is 5.56 Å². The van der Waals surface area contributed by atoms with Crippen molar-refractivity contribution in [1.29, 1.82) is 0 Å². The minimum Gasteiger partial charge on any atom is -0.312 e. The number of fused-ring (bicyclic) bond motifs is 1. The summed E-state index contributed by atoms with van der Waals surface area (Å²) in [5, 5.41) is 2.75. The largest absolute Gasteiger partial charge is 0.312 e. The molecule has 1 aliphatic heterocycles. The Bertz CT molecular complexity index is 489. The number of benzene rings is 1. The summed E-state index contributed by atoms with van der Waals surface area (Å²) in [6.45, 7) is 0. The van der Waals surface area contributed by atoms with Gasteiger partial charge in [-0.2, -0.15) is 0 Å². The summed E-state index contributed by atoms with van der Waals surface area (Å²) >= 11 is 5.18. The van der Waals surface area contributed by atoms with E-state index in [1.807, 2.05) is 12.1 Å². The van der Waals surface area contributed by atoms with Crippen molar-refractivity contribution in [3.05, 3.63) is 34.9 Å². The Morgan fingerprint density at radius 2 is 1.94 bits per heavy atom. The molecule has 1 aliphatic carbocycles. The standard InChI is InChI=1S/C14H15NOS/c16-13-12-10(9-5-2-1-3-6-9)7-4-8-11(12)14(17)15-13/h4,7-9H,1-3,5-6H2,(H,15,16,17). The van der Waals surface area contributed by atoms with E-state index in [2.05, 4.69) is 11.4 Å². The first-order valence-corrected chi connectivity index (χ1v) is 6.67. The van der Waals surface area contributed by atoms with Crippen molar-refractivity contribution in [2.24, 2.45) is 0 Å². The normalized spacial score (nSPS) is 20.2. The van der Waals surface area contributed by atoms with Crippen LogP contribution < -0.4 is 5.32 Å². The van der Waals surface area contributed by atoms with Crippen molar-refractivity contribution in [1.82, 2.24) is 5.32 Å². The third kappa shape index (κ3) is 1.78. The fourth-order valence-electron chi connectivity index (χ4n) is 3.00. The van der Waals surface area contributed by atoms with Gasteiger partial charge in [0.2, 0.25) is 0 Å². The summed E-state index contributed by atoms with van der Waals surface area (Å²) in [6, 6.07) is 6.07. The number of carbonyl (C=O) groups excluding carboxylic acids is 1. The van der Waals surface area contributed by atoms with E-state index in [0.717, 1.165) is 11.1 Å². The van der Waals surface area contributed by atoms with Gasteiger partial charge in [-0.25, -0.2) is 0 Å². The summed E-state index contributed by atoms with van der Waals surface area (Å²) in [5.74, 6) is 0.538. The molecule has 1 fully saturated rings. The lowest BCUT2D eigenvalue weighted by atomic mass is 9.81. The second-order valence-corrected chi connectivity index (χ2v) is 5.30. The molecule has 3 rings (SSSR count). The molecular weight excluding hydrogens is 230 g/mol. The van der Waals surface area contributed by atoms with E-state index in [9.17, 15) is 4.79 Å². The van der Waals surface area contributed by atoms with Gasteiger partial charge in [0.1, 0.15) is 4.99 Å². The predicted octanol–water partition coefficient (Wildman–Crippen LogP) is 3.15. The van der Waals surface area contributed by atoms with Crippen LogP contribution in [-0.2, 0) is 0 Å². The van der Waals surface area contributed by atoms with Gasteiger partial charge in [-0.3, -0.25) is 4.79 Å². The Hall–Kier alpha value is -1.22. The molecule has 1 N–H and O–H groups in total. The number of amides is 1. The van der Waals surface area contributed by atoms with Gasteiger partial charge in [-0.05, 0) is 24.3 Å². The van der Waals surface area contributed by atoms with Gasteiger partial charge in [-0.15, -0.1) is 0 Å². The summed E-state index contributed by atoms with van der Waals surface area (Å²) in [6.07, 6.45) is 6.30. The second-order valence-electron chi connectivity index (χ2n) is 4.89. The molecular formula is C14H15NOS. The molecule has 1 amide bonds. The van der Waals surface area contributed by atoms with E-state index in [4.69, 9.17) is 12.2 Å². The molecule has 3 heteroatoms. The SMILES string of the molecule is O=C1NC(=S)c2cccc(C3CCCCC3)c21. The van der Waals surface area contributed by atoms with Crippen LogP contribution in [0, 0.1) is 0 Å². The van der Waals surface area contributed by atoms with Crippen molar-refractivity contribution in [3.63, 3.8) is 0 Å². The van der Waals surface area contributed by atoms with Gasteiger partial charge in [0.25, 0.3) is 5.91 Å². The zero-order valence-electron chi connectivity index (χ0n) is 9.66. The van der Waals surface area contributed by atoms with Crippen LogP contribution in [0.3, 0.4) is 0 Å². The number of nitrogens with one attached hydrogen (secondary N) is 1. The highest BCUT2D eigenvalue weighted by molar-refractivity contribution is 7.80. The first-order chi connectivity index (χ1) is 8.27. The monoisotopic (exact) mass is 245 g/mol. The van der Waals surface area contributed by atoms with Gasteiger partial charge in [-0.1, -0.05) is 49.7 Å². The lowest BCUT2D eigenvalue weighted by Crippen LogP contribution is -2.20. The summed E-state index contributed by atoms with van der Waals surface area (Å²) in [4.78, 5) is 12.5. The highest BCUT2D eigenvalue weighted by Gasteiger charge is 2.29. The van der Waals surface area contributed by atoms with Crippen molar-refractivity contribution in [2.45, 2.75) is 38.0 Å². The molecule has 17 heavy (non-hydrogen) atoms. The van der Waals surface area contributed by atoms with E-state index in [0.29, 0.717) is 10.9 Å². The highest BCUT2D eigenvalue weighted by atomic mass is 32.1. The molecule has 1 aromatic carbocycles. The predicted molar refractivity (Wildman–Crippen MR) is 71.4 cm³/mol. The Balaban J connectivity index is 2.06. The van der Waals surface area contributed by atoms with Crippen molar-refractivity contribution >= 4 is 23.1 Å². The van der Waals surface area contributed by atoms with Crippen LogP contribution in [0.15, 0.2) is 18.2 Å². The fourth-order valence-corrected chi connectivity index (χ4v) is 3.26. The number of hydrogen-bond acceptors (Lipinski definition) is 2. The molecule has 1 saturated carbocycles. The highest BCUT2D eigenvalue weighted by Crippen LogP contribution is 2.36. The topological polar surface area (TPSA) is 29.1 Å². The number of carbonyl (C=O) groups is 1. The zero-order chi connectivity index (χ0) is 11.8. The van der Waals surface area contributed by atoms with E-state index in [1.165, 1.54) is 37.7 Å². The van der Waals surface area contributed by atoms with E-state index in [1.54, 1.807) is 0 Å². The third-order valence-corrected chi connectivity index (χ3v) is 4.16. The summed E-state index contributed by atoms with van der Waals surface area (Å²) in [5.41, 5.74) is 2.97. The molecule has 0 atom stereocenters. The van der Waals surface area contributed by atoms with E-state index in [-0.39, 0.29) is 5.91 Å². The van der Waals surface area contributed by atoms with Gasteiger partial charge < -0.3 is 5.32 Å². The Morgan fingerprint density at radius 1 is 1.18 bits per heavy atom. The maximum Gasteiger partial charge on any atom is 0.257 e. The second kappa shape index (κ2) is 4.22. The first kappa shape index (κ1) is 10.9. The average Bonchev–Trinajstić information content (AvgIpc) is 2.66. The van der Waals surface area contributed by atoms with E-state index >= 15 is 0 Å². The molecule has 0 spiro atoms. The molecule has 1 aromatic rings. The molecule has 0 bridgehead atoms. The van der Waals surface area contributed by atoms with E-state index < -0.39 is 0 Å². The molecule has 2 aliphatic rings. The van der Waals surface area contributed by atoms with Crippen LogP contribution in [0.4, 0.5) is 0 Å². The molecule has 0 saturated heterocycles. The van der Waals surface area contributed by atoms with Crippen LogP contribution >= 0.6 is 12.2 Å². The van der Waals surface area contributed by atoms with Gasteiger partial charge >= 0.3 is 0 Å². The Kier molecular flexibility index (Phi) is 2.71. The minimum absolute atomic E-state index is 0.00817. The summed E-state index contributed by atoms with van der Waals surface area (Å²) in [7, 11) is 0. The smallest absolute Gasteiger partial charge is 0.257 e. The number of rotatable bonds is 1. The van der Waals surface area contributed by atoms with Crippen LogP contribution in [0.25, 0.3) is 0 Å². The van der Waals surface area contributed by atoms with Crippen LogP contribution in [0.1, 0.15) is 59.5 Å². The van der Waals surface area contributed by atoms with Crippen LogP contribution in [-0.4, -0.2) is 10.9 Å². The molecule has 1 heterocycles. The maximum absolute atomic E-state index is 11.9. The first-order valence-electron chi connectivity index (χ1n) is 6.26. The van der Waals surface area contributed by atoms with Gasteiger partial charge in [0, 0.05) is 5.56 Å². The number of hydrogen-bond donors (Lipinski definition) is 1. The lowest BCUT2D eigenvalue weighted by molar-refractivity contribution is 0.0982. The quantitative estimate of drug-likeness (QED) is 0.770. The Morgan fingerprint density at radius 3 is 2.71 bits per heavy atom. The minimum atomic E-state index is -0.00817. The van der Waals surface area contributed by atoms with Crippen LogP contribution in [0.5, 0.6) is 0 Å². The maximum atomic E-state index is 11.9. The van der Waals surface area contributed by atoms with Crippen molar-refractivity contribution in [2.75, 3.05) is 0 Å². The lowest BCUT2D eigenvalue weighted by Gasteiger charge is -2.23. The third-order valence-electron chi connectivity index (χ3n) is 3.84. The molecule has 0 radical (unpaired) electrons. The van der Waals surface area contributed by atoms with Gasteiger partial charge in [0.15, 0.2) is 0 Å². The molecule has 2 nitrogen and oxygen atoms in total. The summed E-state index contributed by atoms with van der Waals surface area (Å²) < 4.78 is 0. The molecule has 88 valence electrons. The number of thiocarbonyl (C=S) groups is 1. The zero-order valence-corrected chi connectivity index (χ0v) is 10.5. The van der Waals surface area contributed by atoms with Crippen molar-refractivity contribution in [3.8, 4) is 0 Å².